The van der Waals surface area contributed by atoms with Crippen molar-refractivity contribution < 1.29 is 14.3 Å². The first kappa shape index (κ1) is 15.3. The average molecular weight is 286 g/mol. The maximum absolute atomic E-state index is 11.7. The number of rotatable bonds is 4. The number of hydrogen-bond donors (Lipinski definition) is 0. The van der Waals surface area contributed by atoms with Gasteiger partial charge < -0.3 is 9.64 Å². The van der Waals surface area contributed by atoms with E-state index >= 15 is 0 Å². The molecule has 0 aromatic heterocycles. The number of esters is 1. The number of ether oxygens (including phenoxy) is 1. The van der Waals surface area contributed by atoms with E-state index in [2.05, 4.69) is 18.7 Å². The van der Waals surface area contributed by atoms with Gasteiger partial charge in [-0.2, -0.15) is 0 Å². The fourth-order valence-corrected chi connectivity index (χ4v) is 2.46. The zero-order valence-corrected chi connectivity index (χ0v) is 12.6. The Morgan fingerprint density at radius 1 is 1.29 bits per heavy atom. The third kappa shape index (κ3) is 3.72. The number of hydrogen-bond acceptors (Lipinski definition) is 4. The Kier molecular flexibility index (Phi) is 4.78. The third-order valence-corrected chi connectivity index (χ3v) is 3.46. The number of ketones is 1. The number of nitrogens with zero attached hydrogens (tertiary/aromatic N) is 1. The van der Waals surface area contributed by atoms with E-state index in [4.69, 9.17) is 4.74 Å². The molecule has 0 bridgehead atoms. The highest BCUT2D eigenvalue weighted by Crippen LogP contribution is 2.29. The molecule has 21 heavy (non-hydrogen) atoms. The third-order valence-electron chi connectivity index (χ3n) is 3.46. The monoisotopic (exact) mass is 286 g/mol. The molecule has 0 aliphatic carbocycles. The van der Waals surface area contributed by atoms with Crippen LogP contribution in [0.2, 0.25) is 0 Å². The second-order valence-corrected chi connectivity index (χ2v) is 5.50. The largest absolute Gasteiger partial charge is 0.465 e. The highest BCUT2D eigenvalue weighted by atomic mass is 16.5. The minimum atomic E-state index is -0.351. The van der Waals surface area contributed by atoms with Gasteiger partial charge in [0.25, 0.3) is 0 Å². The predicted octanol–water partition coefficient (Wildman–Crippen LogP) is 2.92. The van der Waals surface area contributed by atoms with Crippen LogP contribution in [0.15, 0.2) is 36.5 Å². The van der Waals surface area contributed by atoms with E-state index < -0.39 is 0 Å². The van der Waals surface area contributed by atoms with Crippen molar-refractivity contribution in [3.05, 3.63) is 53.6 Å². The zero-order valence-electron chi connectivity index (χ0n) is 12.6. The molecule has 0 amide bonds. The molecule has 4 nitrogen and oxygen atoms in total. The van der Waals surface area contributed by atoms with Crippen LogP contribution in [0.4, 0.5) is 0 Å². The lowest BCUT2D eigenvalue weighted by Gasteiger charge is -2.34. The fraction of sp³-hybridized carbons (Fsp3) is 0.353. The molecule has 1 aliphatic rings. The molecule has 2 rings (SSSR count). The number of allylic oxidation sites excluding steroid dienone is 1. The van der Waals surface area contributed by atoms with Gasteiger partial charge in [-0.05, 0) is 29.7 Å². The summed E-state index contributed by atoms with van der Waals surface area (Å²) in [7, 11) is 1.36. The van der Waals surface area contributed by atoms with Gasteiger partial charge in [-0.15, -0.1) is 0 Å². The average Bonchev–Trinajstić information content (AvgIpc) is 2.48. The zero-order chi connectivity index (χ0) is 15.4. The molecule has 1 unspecified atom stereocenters. The van der Waals surface area contributed by atoms with Crippen molar-refractivity contribution in [2.24, 2.45) is 0 Å². The minimum Gasteiger partial charge on any atom is -0.465 e. The first-order valence-corrected chi connectivity index (χ1v) is 6.95. The van der Waals surface area contributed by atoms with Crippen LogP contribution in [-0.4, -0.2) is 30.3 Å². The SMILES string of the molecule is COC(=O)c1ccc(C2CC(=O)C=CN2C[C](C)C)cc1. The maximum atomic E-state index is 11.7. The Morgan fingerprint density at radius 3 is 2.52 bits per heavy atom. The highest BCUT2D eigenvalue weighted by molar-refractivity contribution is 5.91. The molecule has 1 aromatic carbocycles. The minimum absolute atomic E-state index is 0.0177. The van der Waals surface area contributed by atoms with Crippen molar-refractivity contribution >= 4 is 11.8 Å². The van der Waals surface area contributed by atoms with E-state index in [9.17, 15) is 9.59 Å². The molecule has 1 radical (unpaired) electrons. The number of benzene rings is 1. The number of carbonyl (C=O) groups is 2. The Balaban J connectivity index is 2.23. The summed E-state index contributed by atoms with van der Waals surface area (Å²) in [5.41, 5.74) is 1.55. The van der Waals surface area contributed by atoms with Gasteiger partial charge >= 0.3 is 5.97 Å². The van der Waals surface area contributed by atoms with E-state index in [1.807, 2.05) is 18.3 Å². The van der Waals surface area contributed by atoms with Gasteiger partial charge in [0.1, 0.15) is 0 Å². The lowest BCUT2D eigenvalue weighted by Crippen LogP contribution is -2.31. The lowest BCUT2D eigenvalue weighted by molar-refractivity contribution is -0.116. The van der Waals surface area contributed by atoms with Gasteiger partial charge in [0.05, 0.1) is 18.7 Å². The van der Waals surface area contributed by atoms with Crippen LogP contribution in [-0.2, 0) is 9.53 Å². The molecule has 0 saturated carbocycles. The van der Waals surface area contributed by atoms with Gasteiger partial charge in [-0.25, -0.2) is 4.79 Å². The van der Waals surface area contributed by atoms with Crippen LogP contribution in [0.25, 0.3) is 0 Å². The normalized spacial score (nSPS) is 18.2. The van der Waals surface area contributed by atoms with Gasteiger partial charge in [0.2, 0.25) is 0 Å². The van der Waals surface area contributed by atoms with Crippen LogP contribution in [0.3, 0.4) is 0 Å². The summed E-state index contributed by atoms with van der Waals surface area (Å²) in [6, 6.07) is 7.28. The standard InChI is InChI=1S/C17H20NO3/c1-12(2)11-18-9-8-15(19)10-16(18)13-4-6-14(7-5-13)17(20)21-3/h4-9,16H,10-11H2,1-3H3. The quantitative estimate of drug-likeness (QED) is 0.798. The van der Waals surface area contributed by atoms with Crippen molar-refractivity contribution in [1.29, 1.82) is 0 Å². The molecule has 1 heterocycles. The Hall–Kier alpha value is -2.10. The molecule has 111 valence electrons. The molecule has 0 spiro atoms. The second-order valence-electron chi connectivity index (χ2n) is 5.50. The maximum Gasteiger partial charge on any atom is 0.337 e. The van der Waals surface area contributed by atoms with Gasteiger partial charge in [-0.3, -0.25) is 4.79 Å². The smallest absolute Gasteiger partial charge is 0.337 e. The van der Waals surface area contributed by atoms with Crippen LogP contribution < -0.4 is 0 Å². The van der Waals surface area contributed by atoms with E-state index in [1.165, 1.54) is 13.0 Å². The van der Waals surface area contributed by atoms with E-state index in [1.54, 1.807) is 18.2 Å². The van der Waals surface area contributed by atoms with E-state index in [0.717, 1.165) is 12.1 Å². The Bertz CT molecular complexity index is 546. The summed E-state index contributed by atoms with van der Waals surface area (Å²) in [6.45, 7) is 4.95. The topological polar surface area (TPSA) is 46.6 Å². The summed E-state index contributed by atoms with van der Waals surface area (Å²) in [5.74, 6) is 1.06. The van der Waals surface area contributed by atoms with Crippen LogP contribution >= 0.6 is 0 Å². The Labute approximate surface area is 125 Å². The first-order valence-electron chi connectivity index (χ1n) is 6.95. The van der Waals surface area contributed by atoms with Crippen molar-refractivity contribution in [2.45, 2.75) is 26.3 Å². The van der Waals surface area contributed by atoms with Crippen LogP contribution in [0.5, 0.6) is 0 Å². The molecule has 0 N–H and O–H groups in total. The fourth-order valence-electron chi connectivity index (χ4n) is 2.46. The molecule has 1 atom stereocenters. The number of methoxy groups -OCH3 is 1. The predicted molar refractivity (Wildman–Crippen MR) is 80.6 cm³/mol. The summed E-state index contributed by atoms with van der Waals surface area (Å²) >= 11 is 0. The van der Waals surface area contributed by atoms with Gasteiger partial charge in [-0.1, -0.05) is 26.0 Å². The van der Waals surface area contributed by atoms with Gasteiger partial charge in [0.15, 0.2) is 5.78 Å². The van der Waals surface area contributed by atoms with Crippen molar-refractivity contribution in [1.82, 2.24) is 4.90 Å². The lowest BCUT2D eigenvalue weighted by atomic mass is 9.95. The van der Waals surface area contributed by atoms with Crippen molar-refractivity contribution in [3.63, 3.8) is 0 Å². The second kappa shape index (κ2) is 6.57. The van der Waals surface area contributed by atoms with Crippen LogP contribution in [0.1, 0.15) is 42.2 Å². The first-order chi connectivity index (χ1) is 10.0. The van der Waals surface area contributed by atoms with Gasteiger partial charge in [0, 0.05) is 19.2 Å². The Morgan fingerprint density at radius 2 is 1.95 bits per heavy atom. The van der Waals surface area contributed by atoms with Crippen LogP contribution in [0, 0.1) is 5.92 Å². The summed E-state index contributed by atoms with van der Waals surface area (Å²) in [4.78, 5) is 25.3. The molecular weight excluding hydrogens is 266 g/mol. The number of carbonyl (C=O) groups excluding carboxylic acids is 2. The molecule has 0 fully saturated rings. The van der Waals surface area contributed by atoms with E-state index in [0.29, 0.717) is 12.0 Å². The molecule has 0 saturated heterocycles. The summed E-state index contributed by atoms with van der Waals surface area (Å²) < 4.78 is 4.69. The molecule has 1 aromatic rings. The summed E-state index contributed by atoms with van der Waals surface area (Å²) in [6.07, 6.45) is 3.95. The van der Waals surface area contributed by atoms with E-state index in [-0.39, 0.29) is 17.8 Å². The molecule has 4 heteroatoms. The van der Waals surface area contributed by atoms with Crippen molar-refractivity contribution in [3.8, 4) is 0 Å². The molecular formula is C17H20NO3. The summed E-state index contributed by atoms with van der Waals surface area (Å²) in [5, 5.41) is 0. The van der Waals surface area contributed by atoms with Crippen molar-refractivity contribution in [2.75, 3.05) is 13.7 Å². The highest BCUT2D eigenvalue weighted by Gasteiger charge is 2.24. The molecule has 1 aliphatic heterocycles.